The molecule has 0 aliphatic rings. The lowest BCUT2D eigenvalue weighted by atomic mass is 10.0. The van der Waals surface area contributed by atoms with E-state index in [9.17, 15) is 4.79 Å². The smallest absolute Gasteiger partial charge is 0.245 e. The van der Waals surface area contributed by atoms with E-state index < -0.39 is 5.91 Å². The maximum atomic E-state index is 10.9. The van der Waals surface area contributed by atoms with E-state index in [0.29, 0.717) is 16.7 Å². The van der Waals surface area contributed by atoms with Crippen molar-refractivity contribution >= 4 is 11.5 Å². The number of amides is 1. The van der Waals surface area contributed by atoms with Gasteiger partial charge in [-0.15, -0.1) is 0 Å². The van der Waals surface area contributed by atoms with Gasteiger partial charge in [-0.05, 0) is 12.5 Å². The van der Waals surface area contributed by atoms with Gasteiger partial charge in [0, 0.05) is 5.57 Å². The fourth-order valence-corrected chi connectivity index (χ4v) is 1.09. The van der Waals surface area contributed by atoms with Gasteiger partial charge in [-0.25, -0.2) is 0 Å². The maximum absolute atomic E-state index is 10.9. The lowest BCUT2D eigenvalue weighted by molar-refractivity contribution is -0.114. The van der Waals surface area contributed by atoms with E-state index in [-0.39, 0.29) is 0 Å². The molecule has 1 rings (SSSR count). The summed E-state index contributed by atoms with van der Waals surface area (Å²) in [6.07, 6.45) is 0. The molecule has 0 saturated heterocycles. The topological polar surface area (TPSA) is 66.9 Å². The van der Waals surface area contributed by atoms with Crippen LogP contribution in [0.4, 0.5) is 0 Å². The minimum atomic E-state index is -0.564. The van der Waals surface area contributed by atoms with Crippen molar-refractivity contribution in [2.45, 2.75) is 6.92 Å². The Bertz CT molecular complexity index is 413. The van der Waals surface area contributed by atoms with E-state index in [1.54, 1.807) is 31.2 Å². The van der Waals surface area contributed by atoms with Crippen molar-refractivity contribution in [1.82, 2.24) is 0 Å². The second kappa shape index (κ2) is 4.24. The van der Waals surface area contributed by atoms with Gasteiger partial charge in [-0.1, -0.05) is 30.3 Å². The fourth-order valence-electron chi connectivity index (χ4n) is 1.09. The molecule has 70 valence electrons. The fraction of sp³-hybridized carbons (Fsp3) is 0.0909. The molecule has 3 nitrogen and oxygen atoms in total. The van der Waals surface area contributed by atoms with Crippen LogP contribution in [-0.4, -0.2) is 5.91 Å². The first kappa shape index (κ1) is 10.0. The number of nitriles is 1. The minimum absolute atomic E-state index is 0.290. The highest BCUT2D eigenvalue weighted by atomic mass is 16.1. The third-order valence-corrected chi connectivity index (χ3v) is 1.92. The zero-order valence-electron chi connectivity index (χ0n) is 7.82. The molecule has 0 unspecified atom stereocenters. The lowest BCUT2D eigenvalue weighted by Crippen LogP contribution is -2.13. The summed E-state index contributed by atoms with van der Waals surface area (Å²) in [5, 5.41) is 8.88. The first-order valence-corrected chi connectivity index (χ1v) is 4.13. The van der Waals surface area contributed by atoms with Crippen molar-refractivity contribution in [2.24, 2.45) is 5.73 Å². The SMILES string of the molecule is CC(C(N)=O)=C(C#N)c1ccccc1. The quantitative estimate of drug-likeness (QED) is 0.561. The van der Waals surface area contributed by atoms with Crippen LogP contribution in [-0.2, 0) is 4.79 Å². The van der Waals surface area contributed by atoms with Crippen LogP contribution < -0.4 is 5.73 Å². The molecule has 0 fully saturated rings. The molecule has 0 atom stereocenters. The van der Waals surface area contributed by atoms with Gasteiger partial charge >= 0.3 is 0 Å². The van der Waals surface area contributed by atoms with Crippen molar-refractivity contribution in [3.8, 4) is 6.07 Å². The number of hydrogen-bond donors (Lipinski definition) is 1. The number of primary amides is 1. The van der Waals surface area contributed by atoms with E-state index in [1.165, 1.54) is 0 Å². The number of carbonyl (C=O) groups excluding carboxylic acids is 1. The number of hydrogen-bond acceptors (Lipinski definition) is 2. The molecule has 0 radical (unpaired) electrons. The van der Waals surface area contributed by atoms with Crippen molar-refractivity contribution in [1.29, 1.82) is 5.26 Å². The predicted molar refractivity (Wildman–Crippen MR) is 53.8 cm³/mol. The highest BCUT2D eigenvalue weighted by molar-refractivity contribution is 6.02. The Hall–Kier alpha value is -2.08. The Balaban J connectivity index is 3.26. The monoisotopic (exact) mass is 186 g/mol. The maximum Gasteiger partial charge on any atom is 0.245 e. The second-order valence-electron chi connectivity index (χ2n) is 2.84. The Labute approximate surface area is 82.5 Å². The average molecular weight is 186 g/mol. The predicted octanol–water partition coefficient (Wildman–Crippen LogP) is 1.47. The van der Waals surface area contributed by atoms with Crippen LogP contribution in [0, 0.1) is 11.3 Å². The van der Waals surface area contributed by atoms with Crippen LogP contribution in [0.5, 0.6) is 0 Å². The molecule has 0 spiro atoms. The van der Waals surface area contributed by atoms with E-state index in [0.717, 1.165) is 0 Å². The third-order valence-electron chi connectivity index (χ3n) is 1.92. The number of rotatable bonds is 2. The van der Waals surface area contributed by atoms with Crippen molar-refractivity contribution in [3.63, 3.8) is 0 Å². The van der Waals surface area contributed by atoms with E-state index >= 15 is 0 Å². The summed E-state index contributed by atoms with van der Waals surface area (Å²) in [6, 6.07) is 11.0. The van der Waals surface area contributed by atoms with Gasteiger partial charge in [-0.3, -0.25) is 4.79 Å². The number of benzene rings is 1. The van der Waals surface area contributed by atoms with Crippen molar-refractivity contribution < 1.29 is 4.79 Å². The molecule has 0 saturated carbocycles. The van der Waals surface area contributed by atoms with Crippen LogP contribution in [0.3, 0.4) is 0 Å². The Kier molecular flexibility index (Phi) is 3.03. The molecule has 0 bridgehead atoms. The van der Waals surface area contributed by atoms with Gasteiger partial charge in [-0.2, -0.15) is 5.26 Å². The molecule has 0 aliphatic carbocycles. The molecular formula is C11H10N2O. The lowest BCUT2D eigenvalue weighted by Gasteiger charge is -2.01. The molecule has 1 aromatic rings. The molecule has 14 heavy (non-hydrogen) atoms. The molecule has 0 aromatic heterocycles. The van der Waals surface area contributed by atoms with E-state index in [2.05, 4.69) is 0 Å². The molecule has 1 aromatic carbocycles. The van der Waals surface area contributed by atoms with Gasteiger partial charge < -0.3 is 5.73 Å². The molecular weight excluding hydrogens is 176 g/mol. The van der Waals surface area contributed by atoms with Crippen LogP contribution in [0.25, 0.3) is 5.57 Å². The molecule has 0 heterocycles. The largest absolute Gasteiger partial charge is 0.366 e. The van der Waals surface area contributed by atoms with Gasteiger partial charge in [0.05, 0.1) is 5.57 Å². The normalized spacial score (nSPS) is 11.4. The molecule has 2 N–H and O–H groups in total. The van der Waals surface area contributed by atoms with Crippen LogP contribution in [0.2, 0.25) is 0 Å². The average Bonchev–Trinajstić information content (AvgIpc) is 2.20. The Morgan fingerprint density at radius 1 is 1.36 bits per heavy atom. The van der Waals surface area contributed by atoms with Gasteiger partial charge in [0.1, 0.15) is 6.07 Å². The highest BCUT2D eigenvalue weighted by Crippen LogP contribution is 2.16. The zero-order chi connectivity index (χ0) is 10.6. The van der Waals surface area contributed by atoms with E-state index in [4.69, 9.17) is 11.0 Å². The second-order valence-corrected chi connectivity index (χ2v) is 2.84. The Morgan fingerprint density at radius 3 is 2.36 bits per heavy atom. The molecule has 0 aliphatic heterocycles. The zero-order valence-corrected chi connectivity index (χ0v) is 7.82. The summed E-state index contributed by atoms with van der Waals surface area (Å²) in [5.41, 5.74) is 6.44. The van der Waals surface area contributed by atoms with Crippen molar-refractivity contribution in [3.05, 3.63) is 41.5 Å². The third kappa shape index (κ3) is 1.99. The van der Waals surface area contributed by atoms with Gasteiger partial charge in [0.25, 0.3) is 0 Å². The Morgan fingerprint density at radius 2 is 1.93 bits per heavy atom. The van der Waals surface area contributed by atoms with Gasteiger partial charge in [0.15, 0.2) is 0 Å². The number of carbonyl (C=O) groups is 1. The first-order valence-electron chi connectivity index (χ1n) is 4.13. The first-order chi connectivity index (χ1) is 6.66. The number of allylic oxidation sites excluding steroid dienone is 1. The summed E-state index contributed by atoms with van der Waals surface area (Å²) in [4.78, 5) is 10.9. The standard InChI is InChI=1S/C11H10N2O/c1-8(11(13)14)10(7-12)9-5-3-2-4-6-9/h2-6H,1H3,(H2,13,14). The summed E-state index contributed by atoms with van der Waals surface area (Å²) < 4.78 is 0. The van der Waals surface area contributed by atoms with Gasteiger partial charge in [0.2, 0.25) is 5.91 Å². The van der Waals surface area contributed by atoms with Crippen LogP contribution in [0.1, 0.15) is 12.5 Å². The summed E-state index contributed by atoms with van der Waals surface area (Å²) in [5.74, 6) is -0.564. The summed E-state index contributed by atoms with van der Waals surface area (Å²) in [7, 11) is 0. The summed E-state index contributed by atoms with van der Waals surface area (Å²) in [6.45, 7) is 1.55. The molecule has 1 amide bonds. The number of nitrogens with two attached hydrogens (primary N) is 1. The number of nitrogens with zero attached hydrogens (tertiary/aromatic N) is 1. The minimum Gasteiger partial charge on any atom is -0.366 e. The van der Waals surface area contributed by atoms with Crippen molar-refractivity contribution in [2.75, 3.05) is 0 Å². The molecule has 3 heteroatoms. The summed E-state index contributed by atoms with van der Waals surface area (Å²) >= 11 is 0. The van der Waals surface area contributed by atoms with E-state index in [1.807, 2.05) is 12.1 Å². The highest BCUT2D eigenvalue weighted by Gasteiger charge is 2.08. The van der Waals surface area contributed by atoms with Crippen LogP contribution in [0.15, 0.2) is 35.9 Å². The van der Waals surface area contributed by atoms with Crippen LogP contribution >= 0.6 is 0 Å².